The molecule has 3 N–H and O–H groups in total. The first-order chi connectivity index (χ1) is 14.0. The Morgan fingerprint density at radius 3 is 2.45 bits per heavy atom. The van der Waals surface area contributed by atoms with Crippen molar-refractivity contribution in [1.82, 2.24) is 0 Å². The van der Waals surface area contributed by atoms with Gasteiger partial charge in [0, 0.05) is 30.9 Å². The Hall–Kier alpha value is -3.35. The lowest BCUT2D eigenvalue weighted by atomic mass is 10.1. The van der Waals surface area contributed by atoms with Crippen LogP contribution < -0.4 is 21.0 Å². The maximum absolute atomic E-state index is 12.8. The second kappa shape index (κ2) is 7.95. The van der Waals surface area contributed by atoms with E-state index in [4.69, 9.17) is 5.73 Å². The van der Waals surface area contributed by atoms with E-state index in [9.17, 15) is 9.59 Å². The lowest BCUT2D eigenvalue weighted by molar-refractivity contribution is -0.119. The highest BCUT2D eigenvalue weighted by Gasteiger charge is 2.35. The number of aryl methyl sites for hydroxylation is 1. The molecule has 0 spiro atoms. The summed E-state index contributed by atoms with van der Waals surface area (Å²) in [4.78, 5) is 27.1. The van der Waals surface area contributed by atoms with Crippen molar-refractivity contribution in [3.63, 3.8) is 0 Å². The predicted octanol–water partition coefficient (Wildman–Crippen LogP) is 2.65. The lowest BCUT2D eigenvalue weighted by Gasteiger charge is -2.20. The first kappa shape index (κ1) is 19.0. The highest BCUT2D eigenvalue weighted by molar-refractivity contribution is 6.44. The molecule has 2 aliphatic rings. The molecule has 7 heteroatoms. The van der Waals surface area contributed by atoms with Gasteiger partial charge in [-0.3, -0.25) is 14.6 Å². The molecule has 0 radical (unpaired) electrons. The number of hydrazone groups is 1. The van der Waals surface area contributed by atoms with Crippen LogP contribution in [0.4, 0.5) is 17.1 Å². The quantitative estimate of drug-likeness (QED) is 0.820. The van der Waals surface area contributed by atoms with E-state index in [1.165, 1.54) is 23.5 Å². The molecule has 1 fully saturated rings. The van der Waals surface area contributed by atoms with Crippen LogP contribution in [0.3, 0.4) is 0 Å². The summed E-state index contributed by atoms with van der Waals surface area (Å²) in [6.07, 6.45) is 2.62. The van der Waals surface area contributed by atoms with Crippen molar-refractivity contribution >= 4 is 34.6 Å². The molecule has 4 rings (SSSR count). The second-order valence-corrected chi connectivity index (χ2v) is 7.50. The summed E-state index contributed by atoms with van der Waals surface area (Å²) in [6.45, 7) is 4.13. The van der Waals surface area contributed by atoms with Crippen LogP contribution in [-0.2, 0) is 9.59 Å². The molecular weight excluding hydrogens is 366 g/mol. The first-order valence-electron chi connectivity index (χ1n) is 9.91. The van der Waals surface area contributed by atoms with Crippen molar-refractivity contribution in [2.45, 2.75) is 32.2 Å². The van der Waals surface area contributed by atoms with Crippen LogP contribution in [0.15, 0.2) is 53.6 Å². The maximum Gasteiger partial charge on any atom is 0.271 e. The Morgan fingerprint density at radius 2 is 1.79 bits per heavy atom. The van der Waals surface area contributed by atoms with E-state index in [0.717, 1.165) is 30.0 Å². The Labute approximate surface area is 170 Å². The van der Waals surface area contributed by atoms with Gasteiger partial charge in [0.15, 0.2) is 0 Å². The minimum absolute atomic E-state index is 0.182. The standard InChI is InChI=1S/C22H25N5O2/c1-15-13-17(26-11-5-6-12-26)9-10-18(15)24-22(29)19-14-20(21(23)28)27(25-19)16-7-3-2-4-8-16/h2-4,7-10,13,20H,5-6,11-12,14H2,1H3,(H2,23,28)(H,24,29). The van der Waals surface area contributed by atoms with Gasteiger partial charge in [-0.1, -0.05) is 18.2 Å². The third-order valence-electron chi connectivity index (χ3n) is 5.45. The second-order valence-electron chi connectivity index (χ2n) is 7.50. The zero-order valence-electron chi connectivity index (χ0n) is 16.5. The van der Waals surface area contributed by atoms with E-state index in [-0.39, 0.29) is 12.3 Å². The van der Waals surface area contributed by atoms with Gasteiger partial charge in [-0.15, -0.1) is 0 Å². The normalized spacial score (nSPS) is 18.7. The van der Waals surface area contributed by atoms with Gasteiger partial charge in [-0.05, 0) is 55.7 Å². The maximum atomic E-state index is 12.8. The Kier molecular flexibility index (Phi) is 5.20. The Balaban J connectivity index is 1.51. The highest BCUT2D eigenvalue weighted by Crippen LogP contribution is 2.27. The SMILES string of the molecule is Cc1cc(N2CCCC2)ccc1NC(=O)C1=NN(c2ccccc2)C(C(N)=O)C1. The smallest absolute Gasteiger partial charge is 0.271 e. The van der Waals surface area contributed by atoms with Crippen molar-refractivity contribution in [2.24, 2.45) is 10.8 Å². The van der Waals surface area contributed by atoms with E-state index in [0.29, 0.717) is 5.71 Å². The van der Waals surface area contributed by atoms with Crippen LogP contribution >= 0.6 is 0 Å². The summed E-state index contributed by atoms with van der Waals surface area (Å²) in [5.74, 6) is -0.821. The molecular formula is C22H25N5O2. The van der Waals surface area contributed by atoms with Gasteiger partial charge >= 0.3 is 0 Å². The van der Waals surface area contributed by atoms with Crippen LogP contribution in [0.2, 0.25) is 0 Å². The van der Waals surface area contributed by atoms with Gasteiger partial charge in [0.2, 0.25) is 5.91 Å². The minimum Gasteiger partial charge on any atom is -0.372 e. The van der Waals surface area contributed by atoms with Crippen molar-refractivity contribution in [3.05, 3.63) is 54.1 Å². The fraction of sp³-hybridized carbons (Fsp3) is 0.318. The monoisotopic (exact) mass is 391 g/mol. The summed E-state index contributed by atoms with van der Waals surface area (Å²) >= 11 is 0. The molecule has 1 atom stereocenters. The van der Waals surface area contributed by atoms with Crippen molar-refractivity contribution in [2.75, 3.05) is 28.3 Å². The minimum atomic E-state index is -0.670. The predicted molar refractivity (Wildman–Crippen MR) is 115 cm³/mol. The zero-order chi connectivity index (χ0) is 20.4. The summed E-state index contributed by atoms with van der Waals surface area (Å²) in [6, 6.07) is 14.6. The van der Waals surface area contributed by atoms with Gasteiger partial charge in [0.1, 0.15) is 11.8 Å². The first-order valence-corrected chi connectivity index (χ1v) is 9.91. The van der Waals surface area contributed by atoms with E-state index < -0.39 is 11.9 Å². The average molecular weight is 391 g/mol. The van der Waals surface area contributed by atoms with E-state index in [2.05, 4.69) is 21.4 Å². The molecule has 0 bridgehead atoms. The van der Waals surface area contributed by atoms with Crippen LogP contribution in [0.1, 0.15) is 24.8 Å². The number of carbonyl (C=O) groups is 2. The third-order valence-corrected chi connectivity index (χ3v) is 5.45. The van der Waals surface area contributed by atoms with E-state index in [1.807, 2.05) is 49.4 Å². The summed E-state index contributed by atoms with van der Waals surface area (Å²) in [7, 11) is 0. The number of nitrogens with zero attached hydrogens (tertiary/aromatic N) is 3. The van der Waals surface area contributed by atoms with Gasteiger partial charge in [-0.2, -0.15) is 5.10 Å². The molecule has 150 valence electrons. The number of benzene rings is 2. The molecule has 1 saturated heterocycles. The van der Waals surface area contributed by atoms with Crippen molar-refractivity contribution in [3.8, 4) is 0 Å². The Morgan fingerprint density at radius 1 is 1.07 bits per heavy atom. The van der Waals surface area contributed by atoms with E-state index in [1.54, 1.807) is 0 Å². The van der Waals surface area contributed by atoms with Crippen LogP contribution in [0.25, 0.3) is 0 Å². The largest absolute Gasteiger partial charge is 0.372 e. The molecule has 0 aromatic heterocycles. The average Bonchev–Trinajstić information content (AvgIpc) is 3.40. The third kappa shape index (κ3) is 3.94. The number of amides is 2. The molecule has 2 aromatic carbocycles. The number of nitrogens with one attached hydrogen (secondary N) is 1. The number of hydrogen-bond acceptors (Lipinski definition) is 5. The van der Waals surface area contributed by atoms with Crippen LogP contribution in [0.5, 0.6) is 0 Å². The highest BCUT2D eigenvalue weighted by atomic mass is 16.2. The summed E-state index contributed by atoms with van der Waals surface area (Å²) in [5, 5.41) is 8.86. The summed E-state index contributed by atoms with van der Waals surface area (Å²) < 4.78 is 0. The molecule has 1 unspecified atom stereocenters. The van der Waals surface area contributed by atoms with Gasteiger partial charge in [0.25, 0.3) is 5.91 Å². The Bertz CT molecular complexity index is 951. The number of carbonyl (C=O) groups excluding carboxylic acids is 2. The molecule has 2 aliphatic heterocycles. The van der Waals surface area contributed by atoms with Crippen LogP contribution in [0, 0.1) is 6.92 Å². The van der Waals surface area contributed by atoms with Gasteiger partial charge in [-0.25, -0.2) is 0 Å². The molecule has 0 aliphatic carbocycles. The number of anilines is 3. The summed E-state index contributed by atoms with van der Waals surface area (Å²) in [5.41, 5.74) is 9.49. The molecule has 7 nitrogen and oxygen atoms in total. The topological polar surface area (TPSA) is 91.0 Å². The molecule has 0 saturated carbocycles. The zero-order valence-corrected chi connectivity index (χ0v) is 16.5. The van der Waals surface area contributed by atoms with Gasteiger partial charge < -0.3 is 16.0 Å². The van der Waals surface area contributed by atoms with E-state index >= 15 is 0 Å². The number of nitrogens with two attached hydrogens (primary N) is 1. The van der Waals surface area contributed by atoms with Crippen molar-refractivity contribution < 1.29 is 9.59 Å². The van der Waals surface area contributed by atoms with Gasteiger partial charge in [0.05, 0.1) is 5.69 Å². The molecule has 29 heavy (non-hydrogen) atoms. The number of primary amides is 1. The van der Waals surface area contributed by atoms with Crippen molar-refractivity contribution in [1.29, 1.82) is 0 Å². The number of hydrogen-bond donors (Lipinski definition) is 2. The molecule has 2 heterocycles. The fourth-order valence-electron chi connectivity index (χ4n) is 3.84. The number of para-hydroxylation sites is 1. The fourth-order valence-corrected chi connectivity index (χ4v) is 3.84. The molecule has 2 amide bonds. The lowest BCUT2D eigenvalue weighted by Crippen LogP contribution is -2.39. The molecule has 2 aromatic rings. The van der Waals surface area contributed by atoms with Crippen LogP contribution in [-0.4, -0.2) is 36.7 Å². The number of rotatable bonds is 5.